The number of carbonyl (C=O) groups is 1. The Morgan fingerprint density at radius 1 is 0.933 bits per heavy atom. The standard InChI is InChI=1S/C28H48O2/c1-17(2)18(3)15-26(30)19(4)23-9-10-24-22-8-7-20-16-21(29)11-13-27(20,5)25(22)12-14-28(23,24)6/h17-20,22-26,30H,7-16H2,1-6H3/t18-,19+,20+,22?,23?,24?,25?,26+,27+,28-/m1/s1. The highest BCUT2D eigenvalue weighted by atomic mass is 16.3. The van der Waals surface area contributed by atoms with E-state index in [4.69, 9.17) is 0 Å². The summed E-state index contributed by atoms with van der Waals surface area (Å²) >= 11 is 0. The average Bonchev–Trinajstić information content (AvgIpc) is 3.04. The number of aliphatic hydroxyl groups is 1. The number of carbonyl (C=O) groups excluding carboxylic acids is 1. The van der Waals surface area contributed by atoms with Crippen molar-refractivity contribution in [1.82, 2.24) is 0 Å². The van der Waals surface area contributed by atoms with Gasteiger partial charge in [0.25, 0.3) is 0 Å². The number of Topliss-reactive ketones (excluding diaryl/α,β-unsaturated/α-hetero) is 1. The molecule has 4 fully saturated rings. The zero-order valence-corrected chi connectivity index (χ0v) is 20.6. The van der Waals surface area contributed by atoms with Gasteiger partial charge in [0, 0.05) is 12.8 Å². The topological polar surface area (TPSA) is 37.3 Å². The van der Waals surface area contributed by atoms with E-state index in [1.165, 1.54) is 38.5 Å². The first-order valence-corrected chi connectivity index (χ1v) is 13.3. The fraction of sp³-hybridized carbons (Fsp3) is 0.964. The SMILES string of the molecule is CC(C)[C@H](C)C[C@H](O)[C@@H](C)C1CCC2C3CC[C@H]4CC(=O)CC[C@]4(C)C3CC[C@@]21C. The third-order valence-corrected chi connectivity index (χ3v) is 11.5. The quantitative estimate of drug-likeness (QED) is 0.529. The Bertz CT molecular complexity index is 641. The van der Waals surface area contributed by atoms with E-state index in [0.717, 1.165) is 43.4 Å². The Morgan fingerprint density at radius 3 is 2.33 bits per heavy atom. The summed E-state index contributed by atoms with van der Waals surface area (Å²) in [5.74, 6) is 6.04. The zero-order valence-electron chi connectivity index (χ0n) is 20.6. The predicted octanol–water partition coefficient (Wildman–Crippen LogP) is 6.89. The summed E-state index contributed by atoms with van der Waals surface area (Å²) in [6.07, 6.45) is 11.7. The maximum absolute atomic E-state index is 12.1. The molecule has 4 aliphatic rings. The highest BCUT2D eigenvalue weighted by Gasteiger charge is 2.60. The molecule has 0 aromatic heterocycles. The molecule has 4 saturated carbocycles. The van der Waals surface area contributed by atoms with Crippen LogP contribution in [0.3, 0.4) is 0 Å². The smallest absolute Gasteiger partial charge is 0.133 e. The Balaban J connectivity index is 1.49. The van der Waals surface area contributed by atoms with Crippen LogP contribution in [-0.2, 0) is 4.79 Å². The van der Waals surface area contributed by atoms with Gasteiger partial charge in [-0.25, -0.2) is 0 Å². The minimum atomic E-state index is -0.154. The molecule has 2 heteroatoms. The van der Waals surface area contributed by atoms with Crippen LogP contribution in [0.1, 0.15) is 106 Å². The van der Waals surface area contributed by atoms with E-state index >= 15 is 0 Å². The molecule has 2 nitrogen and oxygen atoms in total. The molecule has 0 aliphatic heterocycles. The van der Waals surface area contributed by atoms with E-state index in [1.807, 2.05) is 0 Å². The predicted molar refractivity (Wildman–Crippen MR) is 124 cm³/mol. The van der Waals surface area contributed by atoms with Gasteiger partial charge >= 0.3 is 0 Å². The van der Waals surface area contributed by atoms with Crippen molar-refractivity contribution < 1.29 is 9.90 Å². The number of ketones is 1. The van der Waals surface area contributed by atoms with Gasteiger partial charge in [-0.2, -0.15) is 0 Å². The van der Waals surface area contributed by atoms with Crippen LogP contribution in [0.25, 0.3) is 0 Å². The van der Waals surface area contributed by atoms with E-state index in [9.17, 15) is 9.90 Å². The van der Waals surface area contributed by atoms with Crippen molar-refractivity contribution in [3.63, 3.8) is 0 Å². The van der Waals surface area contributed by atoms with Crippen LogP contribution in [0.4, 0.5) is 0 Å². The minimum absolute atomic E-state index is 0.154. The molecule has 0 aromatic carbocycles. The summed E-state index contributed by atoms with van der Waals surface area (Å²) in [5, 5.41) is 11.1. The second-order valence-electron chi connectivity index (χ2n) is 13.0. The molecule has 172 valence electrons. The number of rotatable bonds is 5. The van der Waals surface area contributed by atoms with Crippen LogP contribution >= 0.6 is 0 Å². The first kappa shape index (κ1) is 22.8. The van der Waals surface area contributed by atoms with Gasteiger partial charge in [-0.1, -0.05) is 41.5 Å². The van der Waals surface area contributed by atoms with Crippen LogP contribution in [0.15, 0.2) is 0 Å². The van der Waals surface area contributed by atoms with Crippen molar-refractivity contribution >= 4 is 5.78 Å². The Labute approximate surface area is 186 Å². The van der Waals surface area contributed by atoms with Crippen molar-refractivity contribution in [2.75, 3.05) is 0 Å². The monoisotopic (exact) mass is 416 g/mol. The fourth-order valence-electron chi connectivity index (χ4n) is 9.09. The van der Waals surface area contributed by atoms with Crippen LogP contribution in [0.2, 0.25) is 0 Å². The number of hydrogen-bond acceptors (Lipinski definition) is 2. The lowest BCUT2D eigenvalue weighted by Gasteiger charge is -2.60. The van der Waals surface area contributed by atoms with Crippen LogP contribution in [0.5, 0.6) is 0 Å². The Hall–Kier alpha value is -0.370. The molecular formula is C28H48O2. The molecule has 4 rings (SSSR count). The van der Waals surface area contributed by atoms with E-state index in [1.54, 1.807) is 0 Å². The first-order valence-electron chi connectivity index (χ1n) is 13.3. The molecule has 1 N–H and O–H groups in total. The molecule has 0 heterocycles. The lowest BCUT2D eigenvalue weighted by atomic mass is 9.44. The van der Waals surface area contributed by atoms with Gasteiger partial charge in [-0.05, 0) is 110 Å². The molecular weight excluding hydrogens is 368 g/mol. The molecule has 0 amide bonds. The summed E-state index contributed by atoms with van der Waals surface area (Å²) in [6.45, 7) is 14.4. The van der Waals surface area contributed by atoms with E-state index in [2.05, 4.69) is 41.5 Å². The summed E-state index contributed by atoms with van der Waals surface area (Å²) in [4.78, 5) is 12.1. The van der Waals surface area contributed by atoms with Gasteiger partial charge in [0.1, 0.15) is 5.78 Å². The highest BCUT2D eigenvalue weighted by Crippen LogP contribution is 2.68. The van der Waals surface area contributed by atoms with Crippen LogP contribution in [-0.4, -0.2) is 17.0 Å². The molecule has 10 atom stereocenters. The van der Waals surface area contributed by atoms with Crippen molar-refractivity contribution in [1.29, 1.82) is 0 Å². The molecule has 4 aliphatic carbocycles. The summed E-state index contributed by atoms with van der Waals surface area (Å²) < 4.78 is 0. The summed E-state index contributed by atoms with van der Waals surface area (Å²) in [5.41, 5.74) is 0.824. The van der Waals surface area contributed by atoms with Gasteiger partial charge in [-0.3, -0.25) is 4.79 Å². The van der Waals surface area contributed by atoms with Gasteiger partial charge in [-0.15, -0.1) is 0 Å². The maximum Gasteiger partial charge on any atom is 0.133 e. The molecule has 0 spiro atoms. The molecule has 30 heavy (non-hydrogen) atoms. The van der Waals surface area contributed by atoms with E-state index < -0.39 is 0 Å². The summed E-state index contributed by atoms with van der Waals surface area (Å²) in [7, 11) is 0. The number of hydrogen-bond donors (Lipinski definition) is 1. The van der Waals surface area contributed by atoms with Gasteiger partial charge in [0.05, 0.1) is 6.10 Å². The van der Waals surface area contributed by atoms with E-state index in [-0.39, 0.29) is 6.10 Å². The average molecular weight is 417 g/mol. The van der Waals surface area contributed by atoms with Crippen molar-refractivity contribution in [3.05, 3.63) is 0 Å². The largest absolute Gasteiger partial charge is 0.393 e. The molecule has 0 saturated heterocycles. The normalized spacial score (nSPS) is 46.7. The van der Waals surface area contributed by atoms with Gasteiger partial charge in [0.2, 0.25) is 0 Å². The number of aliphatic hydroxyl groups excluding tert-OH is 1. The fourth-order valence-corrected chi connectivity index (χ4v) is 9.09. The van der Waals surface area contributed by atoms with Gasteiger partial charge in [0.15, 0.2) is 0 Å². The van der Waals surface area contributed by atoms with E-state index in [0.29, 0.717) is 46.2 Å². The van der Waals surface area contributed by atoms with Gasteiger partial charge < -0.3 is 5.11 Å². The maximum atomic E-state index is 12.1. The Morgan fingerprint density at radius 2 is 1.63 bits per heavy atom. The van der Waals surface area contributed by atoms with Crippen molar-refractivity contribution in [2.45, 2.75) is 112 Å². The molecule has 4 unspecified atom stereocenters. The van der Waals surface area contributed by atoms with Crippen LogP contribution < -0.4 is 0 Å². The molecule has 0 bridgehead atoms. The lowest BCUT2D eigenvalue weighted by molar-refractivity contribution is -0.141. The third kappa shape index (κ3) is 3.61. The van der Waals surface area contributed by atoms with Crippen molar-refractivity contribution in [3.8, 4) is 0 Å². The summed E-state index contributed by atoms with van der Waals surface area (Å²) in [6, 6.07) is 0. The lowest BCUT2D eigenvalue weighted by Crippen LogP contribution is -2.54. The van der Waals surface area contributed by atoms with Crippen LogP contribution in [0, 0.1) is 58.2 Å². The first-order chi connectivity index (χ1) is 14.1. The molecule has 0 aromatic rings. The molecule has 0 radical (unpaired) electrons. The number of fused-ring (bicyclic) bond motifs is 5. The second-order valence-corrected chi connectivity index (χ2v) is 13.0. The van der Waals surface area contributed by atoms with Crippen molar-refractivity contribution in [2.24, 2.45) is 58.2 Å². The minimum Gasteiger partial charge on any atom is -0.393 e. The zero-order chi connectivity index (χ0) is 21.8. The third-order valence-electron chi connectivity index (χ3n) is 11.5. The second kappa shape index (κ2) is 8.20. The highest BCUT2D eigenvalue weighted by molar-refractivity contribution is 5.79. The Kier molecular flexibility index (Phi) is 6.23.